The Morgan fingerprint density at radius 3 is 2.80 bits per heavy atom. The molecule has 1 saturated heterocycles. The molecule has 1 aromatic heterocycles. The molecule has 114 valence electrons. The molecule has 0 amide bonds. The highest BCUT2D eigenvalue weighted by Crippen LogP contribution is 2.19. The van der Waals surface area contributed by atoms with E-state index < -0.39 is 0 Å². The van der Waals surface area contributed by atoms with Gasteiger partial charge in [-0.3, -0.25) is 0 Å². The first-order chi connectivity index (χ1) is 9.46. The first kappa shape index (κ1) is 15.6. The van der Waals surface area contributed by atoms with Gasteiger partial charge in [-0.2, -0.15) is 0 Å². The number of piperidine rings is 1. The lowest BCUT2D eigenvalue weighted by Crippen LogP contribution is -2.37. The third-order valence-corrected chi connectivity index (χ3v) is 4.35. The zero-order valence-corrected chi connectivity index (χ0v) is 13.7. The highest BCUT2D eigenvalue weighted by atomic mass is 15.1. The third-order valence-electron chi connectivity index (χ3n) is 4.35. The second-order valence-electron chi connectivity index (χ2n) is 7.22. The van der Waals surface area contributed by atoms with E-state index in [-0.39, 0.29) is 5.54 Å². The molecule has 0 radical (unpaired) electrons. The van der Waals surface area contributed by atoms with Crippen molar-refractivity contribution in [1.82, 2.24) is 14.8 Å². The van der Waals surface area contributed by atoms with E-state index in [0.29, 0.717) is 0 Å². The van der Waals surface area contributed by atoms with Crippen LogP contribution in [0.4, 0.5) is 0 Å². The Morgan fingerprint density at radius 2 is 2.10 bits per heavy atom. The lowest BCUT2D eigenvalue weighted by atomic mass is 10.0. The van der Waals surface area contributed by atoms with Crippen molar-refractivity contribution in [2.75, 3.05) is 13.6 Å². The van der Waals surface area contributed by atoms with Crippen LogP contribution in [0.1, 0.15) is 52.1 Å². The lowest BCUT2D eigenvalue weighted by molar-refractivity contribution is 0.170. The lowest BCUT2D eigenvalue weighted by Gasteiger charge is -2.32. The molecule has 1 N–H and O–H groups in total. The van der Waals surface area contributed by atoms with Crippen LogP contribution in [0.2, 0.25) is 0 Å². The van der Waals surface area contributed by atoms with Crippen molar-refractivity contribution in [3.05, 3.63) is 24.0 Å². The minimum atomic E-state index is 0.179. The summed E-state index contributed by atoms with van der Waals surface area (Å²) < 4.78 is 2.42. The average Bonchev–Trinajstić information content (AvgIpc) is 2.82. The molecule has 1 fully saturated rings. The molecule has 1 aliphatic rings. The van der Waals surface area contributed by atoms with Gasteiger partial charge >= 0.3 is 0 Å². The minimum absolute atomic E-state index is 0.179. The maximum atomic E-state index is 3.58. The summed E-state index contributed by atoms with van der Waals surface area (Å²) in [5, 5.41) is 3.58. The van der Waals surface area contributed by atoms with Crippen molar-refractivity contribution in [2.45, 2.75) is 71.1 Å². The molecule has 3 nitrogen and oxygen atoms in total. The fraction of sp³-hybridized carbons (Fsp3) is 0.765. The van der Waals surface area contributed by atoms with Gasteiger partial charge in [-0.1, -0.05) is 6.42 Å². The fourth-order valence-corrected chi connectivity index (χ4v) is 2.98. The van der Waals surface area contributed by atoms with Crippen molar-refractivity contribution < 1.29 is 0 Å². The van der Waals surface area contributed by atoms with Gasteiger partial charge in [0.15, 0.2) is 0 Å². The number of nitrogens with one attached hydrogen (secondary N) is 1. The van der Waals surface area contributed by atoms with Crippen LogP contribution in [-0.2, 0) is 13.1 Å². The number of hydrogen-bond acceptors (Lipinski definition) is 2. The molecule has 0 aliphatic carbocycles. The molecule has 1 aromatic rings. The summed E-state index contributed by atoms with van der Waals surface area (Å²) in [6.45, 7) is 10.0. The van der Waals surface area contributed by atoms with E-state index in [1.807, 2.05) is 0 Å². The van der Waals surface area contributed by atoms with E-state index >= 15 is 0 Å². The summed E-state index contributed by atoms with van der Waals surface area (Å²) in [4.78, 5) is 2.54. The topological polar surface area (TPSA) is 20.2 Å². The summed E-state index contributed by atoms with van der Waals surface area (Å²) in [6, 6.07) is 5.18. The third kappa shape index (κ3) is 4.64. The van der Waals surface area contributed by atoms with Crippen molar-refractivity contribution in [1.29, 1.82) is 0 Å². The van der Waals surface area contributed by atoms with Crippen LogP contribution in [0.15, 0.2) is 18.3 Å². The van der Waals surface area contributed by atoms with Crippen LogP contribution in [0, 0.1) is 0 Å². The molecule has 1 aliphatic heterocycles. The number of nitrogens with zero attached hydrogens (tertiary/aromatic N) is 2. The fourth-order valence-electron chi connectivity index (χ4n) is 2.98. The summed E-state index contributed by atoms with van der Waals surface area (Å²) >= 11 is 0. The quantitative estimate of drug-likeness (QED) is 0.891. The molecule has 2 heterocycles. The molecule has 0 spiro atoms. The number of rotatable bonds is 5. The molecule has 2 rings (SSSR count). The second-order valence-corrected chi connectivity index (χ2v) is 7.22. The monoisotopic (exact) mass is 277 g/mol. The zero-order valence-electron chi connectivity index (χ0n) is 13.7. The average molecular weight is 277 g/mol. The van der Waals surface area contributed by atoms with Gasteiger partial charge in [0.05, 0.1) is 0 Å². The Morgan fingerprint density at radius 1 is 1.30 bits per heavy atom. The normalized spacial score (nSPS) is 21.3. The Balaban J connectivity index is 1.85. The van der Waals surface area contributed by atoms with Gasteiger partial charge in [-0.05, 0) is 65.8 Å². The van der Waals surface area contributed by atoms with Crippen molar-refractivity contribution in [3.8, 4) is 0 Å². The maximum Gasteiger partial charge on any atom is 0.0363 e. The number of hydrogen-bond donors (Lipinski definition) is 1. The highest BCUT2D eigenvalue weighted by molar-refractivity contribution is 5.07. The molecule has 3 heteroatoms. The van der Waals surface area contributed by atoms with E-state index in [4.69, 9.17) is 0 Å². The Bertz CT molecular complexity index is 403. The van der Waals surface area contributed by atoms with Crippen molar-refractivity contribution in [2.24, 2.45) is 0 Å². The maximum absolute atomic E-state index is 3.58. The SMILES string of the molecule is CN1CCCCC1CCn1cccc1CNC(C)(C)C. The van der Waals surface area contributed by atoms with E-state index in [1.54, 1.807) is 0 Å². The smallest absolute Gasteiger partial charge is 0.0363 e. The number of aromatic nitrogens is 1. The largest absolute Gasteiger partial charge is 0.350 e. The van der Waals surface area contributed by atoms with Crippen LogP contribution in [-0.4, -0.2) is 34.6 Å². The van der Waals surface area contributed by atoms with Crippen LogP contribution >= 0.6 is 0 Å². The number of likely N-dealkylation sites (tertiary alicyclic amines) is 1. The second kappa shape index (κ2) is 6.77. The predicted octanol–water partition coefficient (Wildman–Crippen LogP) is 3.25. The molecule has 20 heavy (non-hydrogen) atoms. The highest BCUT2D eigenvalue weighted by Gasteiger charge is 2.18. The van der Waals surface area contributed by atoms with Gasteiger partial charge in [0.1, 0.15) is 0 Å². The standard InChI is InChI=1S/C17H31N3/c1-17(2,3)18-14-16-9-7-12-20(16)13-10-15-8-5-6-11-19(15)4/h7,9,12,15,18H,5-6,8,10-11,13-14H2,1-4H3. The molecule has 0 saturated carbocycles. The summed E-state index contributed by atoms with van der Waals surface area (Å²) in [5.41, 5.74) is 1.58. The van der Waals surface area contributed by atoms with Crippen molar-refractivity contribution >= 4 is 0 Å². The molecule has 0 bridgehead atoms. The van der Waals surface area contributed by atoms with Crippen LogP contribution < -0.4 is 5.32 Å². The Hall–Kier alpha value is -0.800. The summed E-state index contributed by atoms with van der Waals surface area (Å²) in [6.07, 6.45) is 7.64. The van der Waals surface area contributed by atoms with E-state index in [0.717, 1.165) is 19.1 Å². The Kier molecular flexibility index (Phi) is 5.28. The first-order valence-electron chi connectivity index (χ1n) is 8.05. The molecular weight excluding hydrogens is 246 g/mol. The van der Waals surface area contributed by atoms with E-state index in [9.17, 15) is 0 Å². The van der Waals surface area contributed by atoms with Gasteiger partial charge in [-0.15, -0.1) is 0 Å². The molecule has 1 atom stereocenters. The molecule has 0 aromatic carbocycles. The first-order valence-corrected chi connectivity index (χ1v) is 8.05. The van der Waals surface area contributed by atoms with E-state index in [2.05, 4.69) is 60.9 Å². The van der Waals surface area contributed by atoms with Gasteiger partial charge in [0.25, 0.3) is 0 Å². The van der Waals surface area contributed by atoms with Crippen LogP contribution in [0.25, 0.3) is 0 Å². The summed E-state index contributed by atoms with van der Waals surface area (Å²) in [7, 11) is 2.28. The minimum Gasteiger partial charge on any atom is -0.350 e. The Labute approximate surface area is 124 Å². The molecule has 1 unspecified atom stereocenters. The summed E-state index contributed by atoms with van der Waals surface area (Å²) in [5.74, 6) is 0. The van der Waals surface area contributed by atoms with Crippen molar-refractivity contribution in [3.63, 3.8) is 0 Å². The molecular formula is C17H31N3. The predicted molar refractivity (Wildman–Crippen MR) is 85.9 cm³/mol. The van der Waals surface area contributed by atoms with Gasteiger partial charge in [0.2, 0.25) is 0 Å². The van der Waals surface area contributed by atoms with Gasteiger partial charge in [-0.25, -0.2) is 0 Å². The zero-order chi connectivity index (χ0) is 14.6. The van der Waals surface area contributed by atoms with Crippen LogP contribution in [0.5, 0.6) is 0 Å². The van der Waals surface area contributed by atoms with E-state index in [1.165, 1.54) is 37.9 Å². The van der Waals surface area contributed by atoms with Gasteiger partial charge < -0.3 is 14.8 Å². The number of aryl methyl sites for hydroxylation is 1. The van der Waals surface area contributed by atoms with Gasteiger partial charge in [0, 0.05) is 36.6 Å². The van der Waals surface area contributed by atoms with Crippen LogP contribution in [0.3, 0.4) is 0 Å².